The van der Waals surface area contributed by atoms with Gasteiger partial charge in [-0.15, -0.1) is 0 Å². The van der Waals surface area contributed by atoms with E-state index in [1.165, 1.54) is 54.2 Å². The van der Waals surface area contributed by atoms with Gasteiger partial charge in [-0.3, -0.25) is 4.57 Å². The summed E-state index contributed by atoms with van der Waals surface area (Å²) in [6, 6.07) is 62.6. The van der Waals surface area contributed by atoms with Crippen molar-refractivity contribution in [3.05, 3.63) is 176 Å². The molecule has 0 bridgehead atoms. The first-order chi connectivity index (χ1) is 26.8. The van der Waals surface area contributed by atoms with Crippen LogP contribution in [0.4, 0.5) is 0 Å². The van der Waals surface area contributed by atoms with Crippen LogP contribution in [-0.4, -0.2) is 14.5 Å². The van der Waals surface area contributed by atoms with Gasteiger partial charge in [0, 0.05) is 27.1 Å². The van der Waals surface area contributed by atoms with Crippen LogP contribution in [0.5, 0.6) is 0 Å². The first kappa shape index (κ1) is 29.3. The Labute approximate surface area is 309 Å². The number of nitrogens with zero attached hydrogens (tertiary/aromatic N) is 3. The summed E-state index contributed by atoms with van der Waals surface area (Å²) in [5.74, 6) is 0.789. The van der Waals surface area contributed by atoms with Crippen molar-refractivity contribution in [1.29, 1.82) is 0 Å². The minimum Gasteiger partial charge on any atom is -0.456 e. The zero-order valence-electron chi connectivity index (χ0n) is 29.0. The minimum atomic E-state index is 0.789. The highest BCUT2D eigenvalue weighted by molar-refractivity contribution is 6.23. The third-order valence-electron chi connectivity index (χ3n) is 11.1. The fraction of sp³-hybridized carbons (Fsp3) is 0. The third-order valence-corrected chi connectivity index (χ3v) is 11.1. The lowest BCUT2D eigenvalue weighted by atomic mass is 9.91. The van der Waals surface area contributed by atoms with Gasteiger partial charge in [-0.05, 0) is 104 Å². The van der Waals surface area contributed by atoms with Crippen molar-refractivity contribution in [3.63, 3.8) is 0 Å². The smallest absolute Gasteiger partial charge is 0.165 e. The summed E-state index contributed by atoms with van der Waals surface area (Å²) in [5.41, 5.74) is 9.78. The summed E-state index contributed by atoms with van der Waals surface area (Å²) in [4.78, 5) is 10.9. The van der Waals surface area contributed by atoms with E-state index in [1.54, 1.807) is 0 Å². The number of aromatic nitrogens is 3. The van der Waals surface area contributed by atoms with E-state index in [0.29, 0.717) is 0 Å². The Morgan fingerprint density at radius 1 is 0.389 bits per heavy atom. The standard InChI is InChI=1S/C50H29N3O/c1-2-13-31-29-45-41(26-30(31)12-1)48-38(39-27-32-14-3-4-15-34(32)35-16-5-6-17-36(35)39)19-11-22-44(48)53(45)50-49(51-42-20-8-9-21-43(42)52-50)33-24-25-47-40(28-33)37-18-7-10-23-46(37)54-47/h1-29H. The van der Waals surface area contributed by atoms with Gasteiger partial charge in [-0.2, -0.15) is 0 Å². The molecule has 4 nitrogen and oxygen atoms in total. The Kier molecular flexibility index (Phi) is 6.02. The van der Waals surface area contributed by atoms with E-state index in [9.17, 15) is 0 Å². The molecule has 3 aromatic heterocycles. The van der Waals surface area contributed by atoms with Crippen LogP contribution in [0.3, 0.4) is 0 Å². The monoisotopic (exact) mass is 687 g/mol. The van der Waals surface area contributed by atoms with Gasteiger partial charge >= 0.3 is 0 Å². The molecule has 0 saturated heterocycles. The van der Waals surface area contributed by atoms with Crippen LogP contribution in [0, 0.1) is 0 Å². The van der Waals surface area contributed by atoms with Gasteiger partial charge in [-0.1, -0.05) is 115 Å². The van der Waals surface area contributed by atoms with Crippen molar-refractivity contribution < 1.29 is 4.42 Å². The van der Waals surface area contributed by atoms with Crippen molar-refractivity contribution in [2.24, 2.45) is 0 Å². The molecule has 54 heavy (non-hydrogen) atoms. The summed E-state index contributed by atoms with van der Waals surface area (Å²) in [7, 11) is 0. The van der Waals surface area contributed by atoms with E-state index >= 15 is 0 Å². The van der Waals surface area contributed by atoms with Crippen LogP contribution >= 0.6 is 0 Å². The molecule has 0 amide bonds. The number of para-hydroxylation sites is 3. The van der Waals surface area contributed by atoms with E-state index in [1.807, 2.05) is 30.3 Å². The van der Waals surface area contributed by atoms with Gasteiger partial charge in [0.2, 0.25) is 0 Å². The second-order valence-corrected chi connectivity index (χ2v) is 14.1. The zero-order chi connectivity index (χ0) is 35.3. The molecule has 0 radical (unpaired) electrons. The van der Waals surface area contributed by atoms with Crippen LogP contribution in [0.1, 0.15) is 0 Å². The Bertz CT molecular complexity index is 3520. The number of hydrogen-bond acceptors (Lipinski definition) is 3. The highest BCUT2D eigenvalue weighted by atomic mass is 16.3. The van der Waals surface area contributed by atoms with E-state index in [4.69, 9.17) is 14.4 Å². The number of hydrogen-bond donors (Lipinski definition) is 0. The molecule has 0 spiro atoms. The lowest BCUT2D eigenvalue weighted by Crippen LogP contribution is -2.03. The molecule has 0 atom stereocenters. The molecule has 12 rings (SSSR count). The molecule has 12 aromatic rings. The van der Waals surface area contributed by atoms with Crippen LogP contribution in [0.15, 0.2) is 180 Å². The highest BCUT2D eigenvalue weighted by Crippen LogP contribution is 2.44. The molecule has 9 aromatic carbocycles. The molecular weight excluding hydrogens is 659 g/mol. The van der Waals surface area contributed by atoms with Crippen molar-refractivity contribution in [2.45, 2.75) is 0 Å². The Balaban J connectivity index is 1.23. The second kappa shape index (κ2) is 11.1. The molecule has 0 aliphatic carbocycles. The highest BCUT2D eigenvalue weighted by Gasteiger charge is 2.23. The van der Waals surface area contributed by atoms with Crippen molar-refractivity contribution in [2.75, 3.05) is 0 Å². The summed E-state index contributed by atoms with van der Waals surface area (Å²) < 4.78 is 8.59. The number of rotatable bonds is 3. The Morgan fingerprint density at radius 3 is 1.91 bits per heavy atom. The largest absolute Gasteiger partial charge is 0.456 e. The molecule has 0 N–H and O–H groups in total. The van der Waals surface area contributed by atoms with Crippen molar-refractivity contribution in [3.8, 4) is 28.2 Å². The van der Waals surface area contributed by atoms with Crippen LogP contribution < -0.4 is 0 Å². The lowest BCUT2D eigenvalue weighted by molar-refractivity contribution is 0.669. The second-order valence-electron chi connectivity index (χ2n) is 14.1. The maximum atomic E-state index is 6.24. The summed E-state index contributed by atoms with van der Waals surface area (Å²) in [6.45, 7) is 0. The predicted octanol–water partition coefficient (Wildman–Crippen LogP) is 13.4. The SMILES string of the molecule is c1ccc2cc3c(cc2c1)c1c(-c2cc4ccccc4c4ccccc24)cccc1n3-c1nc2ccccc2nc1-c1ccc2oc3ccccc3c2c1. The lowest BCUT2D eigenvalue weighted by Gasteiger charge is -2.15. The first-order valence-electron chi connectivity index (χ1n) is 18.3. The number of furan rings is 1. The molecular formula is C50H29N3O. The molecule has 0 aliphatic rings. The quantitative estimate of drug-likeness (QED) is 0.174. The topological polar surface area (TPSA) is 43.9 Å². The molecule has 4 heteroatoms. The summed E-state index contributed by atoms with van der Waals surface area (Å²) >= 11 is 0. The third kappa shape index (κ3) is 4.19. The molecule has 3 heterocycles. The average molecular weight is 688 g/mol. The van der Waals surface area contributed by atoms with Gasteiger partial charge in [0.25, 0.3) is 0 Å². The summed E-state index contributed by atoms with van der Waals surface area (Å²) in [6.07, 6.45) is 0. The van der Waals surface area contributed by atoms with Gasteiger partial charge < -0.3 is 4.42 Å². The molecule has 0 saturated carbocycles. The maximum Gasteiger partial charge on any atom is 0.165 e. The van der Waals surface area contributed by atoms with Gasteiger partial charge in [-0.25, -0.2) is 9.97 Å². The molecule has 0 unspecified atom stereocenters. The molecule has 0 fully saturated rings. The number of fused-ring (bicyclic) bond motifs is 11. The van der Waals surface area contributed by atoms with Gasteiger partial charge in [0.1, 0.15) is 16.9 Å². The summed E-state index contributed by atoms with van der Waals surface area (Å²) in [5, 5.41) is 11.8. The van der Waals surface area contributed by atoms with Gasteiger partial charge in [0.05, 0.1) is 22.1 Å². The van der Waals surface area contributed by atoms with E-state index in [0.717, 1.165) is 61.1 Å². The minimum absolute atomic E-state index is 0.789. The van der Waals surface area contributed by atoms with Crippen LogP contribution in [-0.2, 0) is 0 Å². The fourth-order valence-corrected chi connectivity index (χ4v) is 8.70. The zero-order valence-corrected chi connectivity index (χ0v) is 29.0. The Hall–Kier alpha value is -7.30. The van der Waals surface area contributed by atoms with E-state index in [2.05, 4.69) is 150 Å². The average Bonchev–Trinajstić information content (AvgIpc) is 3.77. The molecule has 250 valence electrons. The normalized spacial score (nSPS) is 12.1. The van der Waals surface area contributed by atoms with E-state index < -0.39 is 0 Å². The van der Waals surface area contributed by atoms with Gasteiger partial charge in [0.15, 0.2) is 5.82 Å². The Morgan fingerprint density at radius 2 is 1.06 bits per heavy atom. The predicted molar refractivity (Wildman–Crippen MR) is 225 cm³/mol. The van der Waals surface area contributed by atoms with E-state index in [-0.39, 0.29) is 0 Å². The fourth-order valence-electron chi connectivity index (χ4n) is 8.70. The van der Waals surface area contributed by atoms with Crippen molar-refractivity contribution >= 4 is 87.1 Å². The maximum absolute atomic E-state index is 6.24. The number of benzene rings is 9. The van der Waals surface area contributed by atoms with Crippen molar-refractivity contribution in [1.82, 2.24) is 14.5 Å². The first-order valence-corrected chi connectivity index (χ1v) is 18.3. The van der Waals surface area contributed by atoms with Crippen LogP contribution in [0.2, 0.25) is 0 Å². The van der Waals surface area contributed by atoms with Crippen LogP contribution in [0.25, 0.3) is 115 Å². The molecule has 0 aliphatic heterocycles.